The first-order valence-corrected chi connectivity index (χ1v) is 11.5. The van der Waals surface area contributed by atoms with Crippen molar-refractivity contribution in [1.29, 1.82) is 0 Å². The van der Waals surface area contributed by atoms with Gasteiger partial charge in [-0.3, -0.25) is 4.55 Å². The van der Waals surface area contributed by atoms with Crippen molar-refractivity contribution in [3.05, 3.63) is 65.7 Å². The molecule has 0 radical (unpaired) electrons. The van der Waals surface area contributed by atoms with E-state index < -0.39 is 16.4 Å². The molecule has 8 nitrogen and oxygen atoms in total. The van der Waals surface area contributed by atoms with Crippen LogP contribution in [0.15, 0.2) is 54.6 Å². The van der Waals surface area contributed by atoms with Gasteiger partial charge in [-0.25, -0.2) is 4.79 Å². The fourth-order valence-electron chi connectivity index (χ4n) is 2.59. The maximum Gasteiger partial charge on any atom is 0.446 e. The van der Waals surface area contributed by atoms with E-state index in [-0.39, 0.29) is 12.4 Å². The maximum absolute atomic E-state index is 11.2. The minimum Gasteiger partial charge on any atom is -0.489 e. The minimum atomic E-state index is -4.69. The Morgan fingerprint density at radius 2 is 1.59 bits per heavy atom. The van der Waals surface area contributed by atoms with Crippen LogP contribution in [0.5, 0.6) is 11.5 Å². The highest BCUT2D eigenvalue weighted by atomic mass is 32.3. The Labute approximate surface area is 190 Å². The summed E-state index contributed by atoms with van der Waals surface area (Å²) in [4.78, 5) is 13.6. The monoisotopic (exact) mass is 465 g/mol. The summed E-state index contributed by atoms with van der Waals surface area (Å²) < 4.78 is 45.2. The Morgan fingerprint density at radius 3 is 2.09 bits per heavy atom. The van der Waals surface area contributed by atoms with E-state index in [2.05, 4.69) is 34.6 Å². The fourth-order valence-corrected chi connectivity index (χ4v) is 2.93. The average Bonchev–Trinajstić information content (AvgIpc) is 2.77. The molecule has 0 heterocycles. The van der Waals surface area contributed by atoms with Crippen molar-refractivity contribution in [2.75, 3.05) is 26.7 Å². The summed E-state index contributed by atoms with van der Waals surface area (Å²) in [6.07, 6.45) is 2.56. The van der Waals surface area contributed by atoms with Gasteiger partial charge in [0.15, 0.2) is 0 Å². The Kier molecular flexibility index (Phi) is 12.1. The summed E-state index contributed by atoms with van der Waals surface area (Å²) in [5, 5.41) is 0. The van der Waals surface area contributed by atoms with Crippen LogP contribution in [0.4, 0.5) is 0 Å². The summed E-state index contributed by atoms with van der Waals surface area (Å²) in [5.41, 5.74) is 1.34. The van der Waals surface area contributed by atoms with Gasteiger partial charge in [0.25, 0.3) is 0 Å². The number of carbonyl (C=O) groups is 1. The summed E-state index contributed by atoms with van der Waals surface area (Å²) >= 11 is 0. The molecule has 2 aromatic carbocycles. The predicted molar refractivity (Wildman–Crippen MR) is 124 cm³/mol. The van der Waals surface area contributed by atoms with Gasteiger partial charge in [0.1, 0.15) is 18.1 Å². The summed E-state index contributed by atoms with van der Waals surface area (Å²) in [5.74, 6) is -0.431. The third-order valence-corrected chi connectivity index (χ3v) is 4.71. The van der Waals surface area contributed by atoms with E-state index in [4.69, 9.17) is 9.29 Å². The van der Waals surface area contributed by atoms with Crippen LogP contribution in [0, 0.1) is 0 Å². The average molecular weight is 466 g/mol. The van der Waals surface area contributed by atoms with Gasteiger partial charge in [-0.15, -0.1) is 0 Å². The van der Waals surface area contributed by atoms with Crippen LogP contribution in [0.2, 0.25) is 0 Å². The SMILES string of the molecule is CCN(CC)CC.COC(=O)/C=C/c1cc(OCc2ccccc2)cc(OS(=O)(=O)O)c1. The lowest BCUT2D eigenvalue weighted by Gasteiger charge is -2.13. The summed E-state index contributed by atoms with van der Waals surface area (Å²) in [6.45, 7) is 10.4. The Hall–Kier alpha value is -2.88. The van der Waals surface area contributed by atoms with Gasteiger partial charge in [-0.2, -0.15) is 8.42 Å². The molecule has 0 saturated heterocycles. The van der Waals surface area contributed by atoms with Crippen LogP contribution in [0.1, 0.15) is 31.9 Å². The van der Waals surface area contributed by atoms with Crippen LogP contribution in [0.3, 0.4) is 0 Å². The first-order valence-electron chi connectivity index (χ1n) is 10.2. The van der Waals surface area contributed by atoms with Crippen LogP contribution in [-0.4, -0.2) is 50.6 Å². The summed E-state index contributed by atoms with van der Waals surface area (Å²) in [6, 6.07) is 13.6. The third-order valence-electron chi connectivity index (χ3n) is 4.31. The smallest absolute Gasteiger partial charge is 0.446 e. The van der Waals surface area contributed by atoms with Gasteiger partial charge in [0, 0.05) is 12.1 Å². The Bertz CT molecular complexity index is 950. The van der Waals surface area contributed by atoms with E-state index >= 15 is 0 Å². The van der Waals surface area contributed by atoms with Crippen molar-refractivity contribution < 1.29 is 31.4 Å². The van der Waals surface area contributed by atoms with Gasteiger partial charge in [-0.05, 0) is 49.0 Å². The highest BCUT2D eigenvalue weighted by Crippen LogP contribution is 2.25. The normalized spacial score (nSPS) is 11.1. The lowest BCUT2D eigenvalue weighted by atomic mass is 10.2. The number of hydrogen-bond donors (Lipinski definition) is 1. The van der Waals surface area contributed by atoms with E-state index in [0.29, 0.717) is 11.3 Å². The second-order valence-electron chi connectivity index (χ2n) is 6.50. The molecule has 0 amide bonds. The molecule has 0 aliphatic rings. The minimum absolute atomic E-state index is 0.155. The fraction of sp³-hybridized carbons (Fsp3) is 0.348. The number of ether oxygens (including phenoxy) is 2. The molecule has 1 N–H and O–H groups in total. The largest absolute Gasteiger partial charge is 0.489 e. The summed E-state index contributed by atoms with van der Waals surface area (Å²) in [7, 11) is -3.45. The number of benzene rings is 2. The van der Waals surface area contributed by atoms with Crippen molar-refractivity contribution in [3.8, 4) is 11.5 Å². The molecule has 0 spiro atoms. The molecule has 0 aliphatic heterocycles. The molecule has 0 aromatic heterocycles. The van der Waals surface area contributed by atoms with Crippen molar-refractivity contribution in [1.82, 2.24) is 4.90 Å². The number of rotatable bonds is 10. The van der Waals surface area contributed by atoms with E-state index in [1.807, 2.05) is 30.3 Å². The van der Waals surface area contributed by atoms with E-state index in [9.17, 15) is 13.2 Å². The number of nitrogens with zero attached hydrogens (tertiary/aromatic N) is 1. The Morgan fingerprint density at radius 1 is 1.00 bits per heavy atom. The van der Waals surface area contributed by atoms with Gasteiger partial charge in [-0.1, -0.05) is 51.1 Å². The van der Waals surface area contributed by atoms with Crippen molar-refractivity contribution in [2.24, 2.45) is 0 Å². The molecule has 0 unspecified atom stereocenters. The van der Waals surface area contributed by atoms with Gasteiger partial charge >= 0.3 is 16.4 Å². The van der Waals surface area contributed by atoms with Gasteiger partial charge in [0.2, 0.25) is 0 Å². The molecule has 9 heteroatoms. The van der Waals surface area contributed by atoms with E-state index in [1.165, 1.54) is 45.0 Å². The topological polar surface area (TPSA) is 102 Å². The van der Waals surface area contributed by atoms with Gasteiger partial charge < -0.3 is 18.6 Å². The third kappa shape index (κ3) is 11.5. The predicted octanol–water partition coefficient (Wildman–Crippen LogP) is 3.98. The molecular weight excluding hydrogens is 434 g/mol. The van der Waals surface area contributed by atoms with E-state index in [0.717, 1.165) is 11.6 Å². The highest BCUT2D eigenvalue weighted by Gasteiger charge is 2.10. The zero-order chi connectivity index (χ0) is 24.0. The first kappa shape index (κ1) is 27.2. The lowest BCUT2D eigenvalue weighted by Crippen LogP contribution is -2.21. The molecule has 0 fully saturated rings. The number of hydrogen-bond acceptors (Lipinski definition) is 7. The molecule has 0 aliphatic carbocycles. The van der Waals surface area contributed by atoms with Crippen LogP contribution in [-0.2, 0) is 26.5 Å². The number of methoxy groups -OCH3 is 1. The molecule has 2 aromatic rings. The van der Waals surface area contributed by atoms with Crippen molar-refractivity contribution in [2.45, 2.75) is 27.4 Å². The second kappa shape index (κ2) is 14.2. The van der Waals surface area contributed by atoms with Gasteiger partial charge in [0.05, 0.1) is 7.11 Å². The van der Waals surface area contributed by atoms with Crippen molar-refractivity contribution >= 4 is 22.4 Å². The second-order valence-corrected chi connectivity index (χ2v) is 7.52. The van der Waals surface area contributed by atoms with Crippen LogP contribution >= 0.6 is 0 Å². The number of esters is 1. The van der Waals surface area contributed by atoms with Crippen molar-refractivity contribution in [3.63, 3.8) is 0 Å². The first-order chi connectivity index (χ1) is 15.2. The van der Waals surface area contributed by atoms with E-state index in [1.54, 1.807) is 6.07 Å². The molecule has 176 valence electrons. The zero-order valence-electron chi connectivity index (χ0n) is 18.9. The lowest BCUT2D eigenvalue weighted by molar-refractivity contribution is -0.134. The van der Waals surface area contributed by atoms with Crippen LogP contribution < -0.4 is 8.92 Å². The highest BCUT2D eigenvalue weighted by molar-refractivity contribution is 7.81. The molecule has 2 rings (SSSR count). The molecule has 0 atom stereocenters. The van der Waals surface area contributed by atoms with Crippen LogP contribution in [0.25, 0.3) is 6.08 Å². The molecule has 0 saturated carbocycles. The zero-order valence-corrected chi connectivity index (χ0v) is 19.7. The maximum atomic E-state index is 11.2. The molecule has 32 heavy (non-hydrogen) atoms. The standard InChI is InChI=1S/C17H16O7S.C6H15N/c1-22-17(18)8-7-14-9-15(11-16(10-14)24-25(19,20)21)23-12-13-5-3-2-4-6-13;1-4-7(5-2)6-3/h2-11H,12H2,1H3,(H,19,20,21);4-6H2,1-3H3/b8-7+;. The quantitative estimate of drug-likeness (QED) is 0.319. The molecule has 0 bridgehead atoms. The Balaban J connectivity index is 0.000000633. The molecular formula is C23H31NO7S. The number of carbonyl (C=O) groups excluding carboxylic acids is 1.